The topological polar surface area (TPSA) is 30.5 Å². The molecule has 0 fully saturated rings. The largest absolute Gasteiger partial charge is 0.383 e. The van der Waals surface area contributed by atoms with Crippen LogP contribution in [0.2, 0.25) is 0 Å². The van der Waals surface area contributed by atoms with Crippen LogP contribution in [0.15, 0.2) is 16.6 Å². The first-order valence-corrected chi connectivity index (χ1v) is 6.85. The zero-order valence-electron chi connectivity index (χ0n) is 10.8. The minimum atomic E-state index is -0.461. The molecule has 108 valence electrons. The highest BCUT2D eigenvalue weighted by Crippen LogP contribution is 2.20. The molecule has 0 atom stereocenters. The van der Waals surface area contributed by atoms with Gasteiger partial charge in [-0.1, -0.05) is 0 Å². The van der Waals surface area contributed by atoms with Gasteiger partial charge >= 0.3 is 0 Å². The van der Waals surface area contributed by atoms with E-state index in [0.29, 0.717) is 38.3 Å². The van der Waals surface area contributed by atoms with Gasteiger partial charge in [0.05, 0.1) is 24.3 Å². The van der Waals surface area contributed by atoms with Gasteiger partial charge in [-0.15, -0.1) is 0 Å². The number of hydrogen-bond donors (Lipinski definition) is 1. The first-order chi connectivity index (χ1) is 9.15. The molecule has 0 unspecified atom stereocenters. The Morgan fingerprint density at radius 3 is 2.58 bits per heavy atom. The van der Waals surface area contributed by atoms with Gasteiger partial charge in [0.15, 0.2) is 0 Å². The summed E-state index contributed by atoms with van der Waals surface area (Å²) in [6, 6.07) is 2.33. The van der Waals surface area contributed by atoms with E-state index in [1.807, 2.05) is 0 Å². The molecule has 0 heterocycles. The molecule has 0 radical (unpaired) electrons. The van der Waals surface area contributed by atoms with Gasteiger partial charge < -0.3 is 14.8 Å². The molecule has 6 heteroatoms. The van der Waals surface area contributed by atoms with Crippen LogP contribution in [0.3, 0.4) is 0 Å². The van der Waals surface area contributed by atoms with Gasteiger partial charge in [0.1, 0.15) is 11.6 Å². The maximum absolute atomic E-state index is 13.5. The van der Waals surface area contributed by atoms with E-state index >= 15 is 0 Å². The number of benzene rings is 1. The van der Waals surface area contributed by atoms with Crippen molar-refractivity contribution in [1.82, 2.24) is 5.32 Å². The fourth-order valence-corrected chi connectivity index (χ4v) is 1.80. The molecule has 3 nitrogen and oxygen atoms in total. The van der Waals surface area contributed by atoms with E-state index in [2.05, 4.69) is 21.2 Å². The third-order valence-electron chi connectivity index (χ3n) is 2.51. The number of nitrogens with one attached hydrogen (secondary N) is 1. The summed E-state index contributed by atoms with van der Waals surface area (Å²) >= 11 is 2.94. The highest BCUT2D eigenvalue weighted by molar-refractivity contribution is 9.10. The van der Waals surface area contributed by atoms with Crippen molar-refractivity contribution in [3.8, 4) is 0 Å². The second-order valence-electron chi connectivity index (χ2n) is 3.96. The van der Waals surface area contributed by atoms with Crippen LogP contribution in [-0.2, 0) is 15.9 Å². The molecule has 0 saturated carbocycles. The van der Waals surface area contributed by atoms with E-state index in [-0.39, 0.29) is 4.47 Å². The van der Waals surface area contributed by atoms with Crippen molar-refractivity contribution in [3.05, 3.63) is 33.8 Å². The van der Waals surface area contributed by atoms with Crippen molar-refractivity contribution >= 4 is 15.9 Å². The molecule has 0 aliphatic rings. The average Bonchev–Trinajstić information content (AvgIpc) is 2.38. The molecule has 0 bridgehead atoms. The number of hydrogen-bond acceptors (Lipinski definition) is 3. The SMILES string of the molecule is COCCNCCOCCc1cc(F)c(Br)cc1F. The summed E-state index contributed by atoms with van der Waals surface area (Å²) in [7, 11) is 1.64. The van der Waals surface area contributed by atoms with Gasteiger partial charge in [-0.2, -0.15) is 0 Å². The van der Waals surface area contributed by atoms with E-state index in [9.17, 15) is 8.78 Å². The normalized spacial score (nSPS) is 10.9. The van der Waals surface area contributed by atoms with Crippen molar-refractivity contribution in [2.45, 2.75) is 6.42 Å². The van der Waals surface area contributed by atoms with Crippen LogP contribution in [-0.4, -0.2) is 40.0 Å². The van der Waals surface area contributed by atoms with Crippen LogP contribution in [0, 0.1) is 11.6 Å². The molecule has 1 N–H and O–H groups in total. The van der Waals surface area contributed by atoms with E-state index in [0.717, 1.165) is 12.6 Å². The van der Waals surface area contributed by atoms with Crippen molar-refractivity contribution in [2.24, 2.45) is 0 Å². The summed E-state index contributed by atoms with van der Waals surface area (Å²) in [6.45, 7) is 3.03. The second-order valence-corrected chi connectivity index (χ2v) is 4.82. The molecule has 1 aromatic carbocycles. The molecule has 1 aromatic rings. The Bertz CT molecular complexity index is 391. The van der Waals surface area contributed by atoms with Gasteiger partial charge in [-0.05, 0) is 40.0 Å². The molecule has 0 aliphatic heterocycles. The van der Waals surface area contributed by atoms with E-state index in [4.69, 9.17) is 9.47 Å². The summed E-state index contributed by atoms with van der Waals surface area (Å²) in [6.07, 6.45) is 0.355. The number of halogens is 3. The predicted octanol–water partition coefficient (Wildman–Crippen LogP) is 2.52. The Morgan fingerprint density at radius 1 is 1.11 bits per heavy atom. The van der Waals surface area contributed by atoms with Gasteiger partial charge in [0.25, 0.3) is 0 Å². The Morgan fingerprint density at radius 2 is 1.84 bits per heavy atom. The molecule has 0 aromatic heterocycles. The average molecular weight is 338 g/mol. The lowest BCUT2D eigenvalue weighted by atomic mass is 10.1. The lowest BCUT2D eigenvalue weighted by Crippen LogP contribution is -2.23. The molecule has 0 amide bonds. The lowest BCUT2D eigenvalue weighted by Gasteiger charge is -2.07. The van der Waals surface area contributed by atoms with Gasteiger partial charge in [0.2, 0.25) is 0 Å². The molecular weight excluding hydrogens is 320 g/mol. The Kier molecular flexibility index (Phi) is 8.13. The molecule has 19 heavy (non-hydrogen) atoms. The van der Waals surface area contributed by atoms with Crippen LogP contribution in [0.4, 0.5) is 8.78 Å². The third kappa shape index (κ3) is 6.42. The minimum Gasteiger partial charge on any atom is -0.383 e. The van der Waals surface area contributed by atoms with Crippen molar-refractivity contribution < 1.29 is 18.3 Å². The third-order valence-corrected chi connectivity index (χ3v) is 3.12. The lowest BCUT2D eigenvalue weighted by molar-refractivity contribution is 0.134. The molecule has 0 spiro atoms. The molecule has 0 saturated heterocycles. The van der Waals surface area contributed by atoms with E-state index < -0.39 is 11.6 Å². The first-order valence-electron chi connectivity index (χ1n) is 6.06. The van der Waals surface area contributed by atoms with Gasteiger partial charge in [-0.3, -0.25) is 0 Å². The Balaban J connectivity index is 2.17. The number of rotatable bonds is 9. The van der Waals surface area contributed by atoms with Crippen LogP contribution in [0.1, 0.15) is 5.56 Å². The van der Waals surface area contributed by atoms with Crippen molar-refractivity contribution in [1.29, 1.82) is 0 Å². The van der Waals surface area contributed by atoms with Crippen LogP contribution in [0.5, 0.6) is 0 Å². The molecule has 1 rings (SSSR count). The smallest absolute Gasteiger partial charge is 0.137 e. The van der Waals surface area contributed by atoms with Crippen LogP contribution in [0.25, 0.3) is 0 Å². The number of ether oxygens (including phenoxy) is 2. The Hall–Kier alpha value is -0.560. The van der Waals surface area contributed by atoms with Crippen LogP contribution < -0.4 is 5.32 Å². The second kappa shape index (κ2) is 9.36. The van der Waals surface area contributed by atoms with E-state index in [1.165, 1.54) is 6.07 Å². The number of methoxy groups -OCH3 is 1. The first kappa shape index (κ1) is 16.5. The predicted molar refractivity (Wildman–Crippen MR) is 73.3 cm³/mol. The molecular formula is C13H18BrF2NO2. The summed E-state index contributed by atoms with van der Waals surface area (Å²) < 4.78 is 37.0. The summed E-state index contributed by atoms with van der Waals surface area (Å²) in [5.41, 5.74) is 0.327. The summed E-state index contributed by atoms with van der Waals surface area (Å²) in [5, 5.41) is 3.12. The molecule has 0 aliphatic carbocycles. The maximum atomic E-state index is 13.5. The fraction of sp³-hybridized carbons (Fsp3) is 0.538. The summed E-state index contributed by atoms with van der Waals surface area (Å²) in [4.78, 5) is 0. The fourth-order valence-electron chi connectivity index (χ4n) is 1.48. The highest BCUT2D eigenvalue weighted by Gasteiger charge is 2.07. The minimum absolute atomic E-state index is 0.136. The van der Waals surface area contributed by atoms with E-state index in [1.54, 1.807) is 7.11 Å². The quantitative estimate of drug-likeness (QED) is 0.554. The van der Waals surface area contributed by atoms with Crippen molar-refractivity contribution in [3.63, 3.8) is 0 Å². The van der Waals surface area contributed by atoms with Crippen molar-refractivity contribution in [2.75, 3.05) is 40.0 Å². The monoisotopic (exact) mass is 337 g/mol. The highest BCUT2D eigenvalue weighted by atomic mass is 79.9. The standard InChI is InChI=1S/C13H18BrF2NO2/c1-18-6-3-17-4-7-19-5-2-10-8-13(16)11(14)9-12(10)15/h8-9,17H,2-7H2,1H3. The zero-order chi connectivity index (χ0) is 14.1. The van der Waals surface area contributed by atoms with Gasteiger partial charge in [0, 0.05) is 20.2 Å². The summed E-state index contributed by atoms with van der Waals surface area (Å²) in [5.74, 6) is -0.882. The maximum Gasteiger partial charge on any atom is 0.137 e. The van der Waals surface area contributed by atoms with Gasteiger partial charge in [-0.25, -0.2) is 8.78 Å². The Labute approximate surface area is 120 Å². The zero-order valence-corrected chi connectivity index (χ0v) is 12.4. The van der Waals surface area contributed by atoms with Crippen LogP contribution >= 0.6 is 15.9 Å².